The van der Waals surface area contributed by atoms with E-state index in [1.54, 1.807) is 24.3 Å². The van der Waals surface area contributed by atoms with Crippen LogP contribution in [0.1, 0.15) is 12.8 Å². The molecule has 0 radical (unpaired) electrons. The van der Waals surface area contributed by atoms with Gasteiger partial charge in [0, 0.05) is 23.6 Å². The summed E-state index contributed by atoms with van der Waals surface area (Å²) in [6.45, 7) is 0.814. The van der Waals surface area contributed by atoms with Crippen molar-refractivity contribution in [2.24, 2.45) is 0 Å². The van der Waals surface area contributed by atoms with Crippen LogP contribution < -0.4 is 11.1 Å². The molecule has 2 aromatic rings. The van der Waals surface area contributed by atoms with Gasteiger partial charge in [0.05, 0.1) is 4.90 Å². The summed E-state index contributed by atoms with van der Waals surface area (Å²) in [6, 6.07) is 6.52. The Kier molecular flexibility index (Phi) is 5.47. The Bertz CT molecular complexity index is 863. The number of sulfonamides is 1. The summed E-state index contributed by atoms with van der Waals surface area (Å²) in [5.74, 6) is 0.608. The van der Waals surface area contributed by atoms with Crippen LogP contribution in [0.15, 0.2) is 40.0 Å². The number of piperidine rings is 1. The second kappa shape index (κ2) is 7.45. The summed E-state index contributed by atoms with van der Waals surface area (Å²) in [6.07, 6.45) is 2.88. The monoisotopic (exact) mass is 445 g/mol. The number of aromatic nitrogens is 2. The number of nitrogens with two attached hydrogens (primary N) is 1. The lowest BCUT2D eigenvalue weighted by Crippen LogP contribution is -2.45. The van der Waals surface area contributed by atoms with E-state index in [9.17, 15) is 8.42 Å². The van der Waals surface area contributed by atoms with E-state index in [0.29, 0.717) is 18.9 Å². The fourth-order valence-corrected chi connectivity index (χ4v) is 4.65. The molecule has 1 aromatic carbocycles. The average Bonchev–Trinajstić information content (AvgIpc) is 2.60. The third kappa shape index (κ3) is 4.05. The van der Waals surface area contributed by atoms with E-state index in [4.69, 9.17) is 17.3 Å². The Morgan fingerprint density at radius 2 is 2.00 bits per heavy atom. The van der Waals surface area contributed by atoms with Gasteiger partial charge in [0.25, 0.3) is 0 Å². The van der Waals surface area contributed by atoms with Crippen molar-refractivity contribution in [1.82, 2.24) is 14.3 Å². The number of nitrogens with zero attached hydrogens (tertiary/aromatic N) is 3. The quantitative estimate of drug-likeness (QED) is 0.749. The molecule has 1 unspecified atom stereocenters. The van der Waals surface area contributed by atoms with Crippen molar-refractivity contribution in [3.63, 3.8) is 0 Å². The van der Waals surface area contributed by atoms with E-state index >= 15 is 0 Å². The fourth-order valence-electron chi connectivity index (χ4n) is 2.71. The largest absolute Gasteiger partial charge is 0.382 e. The SMILES string of the molecule is Nc1ncnc(NC2CCCN(S(=O)(=O)c3ccc(Br)cc3)C2)c1Cl. The highest BCUT2D eigenvalue weighted by atomic mass is 79.9. The number of rotatable bonds is 4. The van der Waals surface area contributed by atoms with E-state index in [0.717, 1.165) is 17.3 Å². The van der Waals surface area contributed by atoms with Gasteiger partial charge >= 0.3 is 0 Å². The molecular formula is C15H17BrClN5O2S. The lowest BCUT2D eigenvalue weighted by Gasteiger charge is -2.32. The molecule has 1 atom stereocenters. The molecule has 1 saturated heterocycles. The first-order valence-electron chi connectivity index (χ1n) is 7.66. The van der Waals surface area contributed by atoms with Gasteiger partial charge in [0.1, 0.15) is 17.2 Å². The third-order valence-electron chi connectivity index (χ3n) is 3.99. The molecule has 1 aliphatic heterocycles. The highest BCUT2D eigenvalue weighted by molar-refractivity contribution is 9.10. The van der Waals surface area contributed by atoms with Gasteiger partial charge in [0.15, 0.2) is 5.82 Å². The van der Waals surface area contributed by atoms with Crippen LogP contribution in [0.5, 0.6) is 0 Å². The number of hydrogen-bond acceptors (Lipinski definition) is 6. The minimum Gasteiger partial charge on any atom is -0.382 e. The maximum atomic E-state index is 12.8. The second-order valence-electron chi connectivity index (χ2n) is 5.72. The Hall–Kier alpha value is -1.42. The predicted molar refractivity (Wildman–Crippen MR) is 101 cm³/mol. The number of nitrogen functional groups attached to an aromatic ring is 1. The summed E-state index contributed by atoms with van der Waals surface area (Å²) in [4.78, 5) is 8.18. The Morgan fingerprint density at radius 1 is 1.28 bits per heavy atom. The maximum absolute atomic E-state index is 12.8. The first-order chi connectivity index (χ1) is 11.9. The van der Waals surface area contributed by atoms with Crippen molar-refractivity contribution in [3.8, 4) is 0 Å². The van der Waals surface area contributed by atoms with Crippen molar-refractivity contribution in [2.75, 3.05) is 24.1 Å². The van der Waals surface area contributed by atoms with E-state index in [2.05, 4.69) is 31.2 Å². The standard InChI is InChI=1S/C15H17BrClN5O2S/c16-10-3-5-12(6-4-10)25(23,24)22-7-1-2-11(8-22)21-15-13(17)14(18)19-9-20-15/h3-6,9,11H,1-2,7-8H2,(H3,18,19,20,21). The molecule has 0 saturated carbocycles. The Balaban J connectivity index is 1.76. The van der Waals surface area contributed by atoms with Gasteiger partial charge in [0.2, 0.25) is 10.0 Å². The first-order valence-corrected chi connectivity index (χ1v) is 10.3. The zero-order valence-corrected chi connectivity index (χ0v) is 16.4. The zero-order valence-electron chi connectivity index (χ0n) is 13.2. The van der Waals surface area contributed by atoms with E-state index in [1.165, 1.54) is 10.6 Å². The van der Waals surface area contributed by atoms with E-state index < -0.39 is 10.0 Å². The molecule has 0 spiro atoms. The van der Waals surface area contributed by atoms with Crippen molar-refractivity contribution in [3.05, 3.63) is 40.1 Å². The van der Waals surface area contributed by atoms with Gasteiger partial charge in [-0.25, -0.2) is 18.4 Å². The molecule has 1 fully saturated rings. The van der Waals surface area contributed by atoms with Crippen LogP contribution in [0.4, 0.5) is 11.6 Å². The van der Waals surface area contributed by atoms with Crippen LogP contribution in [-0.2, 0) is 10.0 Å². The van der Waals surface area contributed by atoms with Crippen LogP contribution in [-0.4, -0.2) is 41.8 Å². The third-order valence-corrected chi connectivity index (χ3v) is 6.77. The molecule has 10 heteroatoms. The molecule has 3 rings (SSSR count). The lowest BCUT2D eigenvalue weighted by atomic mass is 10.1. The molecule has 0 amide bonds. The molecule has 25 heavy (non-hydrogen) atoms. The van der Waals surface area contributed by atoms with Gasteiger partial charge in [-0.3, -0.25) is 0 Å². The summed E-state index contributed by atoms with van der Waals surface area (Å²) in [5, 5.41) is 3.42. The highest BCUT2D eigenvalue weighted by Crippen LogP contribution is 2.27. The second-order valence-corrected chi connectivity index (χ2v) is 8.95. The smallest absolute Gasteiger partial charge is 0.243 e. The van der Waals surface area contributed by atoms with Crippen molar-refractivity contribution in [1.29, 1.82) is 0 Å². The van der Waals surface area contributed by atoms with Crippen LogP contribution in [0, 0.1) is 0 Å². The van der Waals surface area contributed by atoms with Crippen LogP contribution in [0.3, 0.4) is 0 Å². The molecule has 7 nitrogen and oxygen atoms in total. The predicted octanol–water partition coefficient (Wildman–Crippen LogP) is 2.74. The minimum atomic E-state index is -3.54. The molecule has 0 aliphatic carbocycles. The van der Waals surface area contributed by atoms with Crippen molar-refractivity contribution < 1.29 is 8.42 Å². The first kappa shape index (κ1) is 18.4. The average molecular weight is 447 g/mol. The molecule has 3 N–H and O–H groups in total. The van der Waals surface area contributed by atoms with Crippen molar-refractivity contribution in [2.45, 2.75) is 23.8 Å². The fraction of sp³-hybridized carbons (Fsp3) is 0.333. The topological polar surface area (TPSA) is 101 Å². The number of halogens is 2. The number of nitrogens with one attached hydrogen (secondary N) is 1. The zero-order chi connectivity index (χ0) is 18.0. The van der Waals surface area contributed by atoms with E-state index in [-0.39, 0.29) is 21.8 Å². The van der Waals surface area contributed by atoms with Crippen molar-refractivity contribution >= 4 is 49.2 Å². The molecule has 2 heterocycles. The van der Waals surface area contributed by atoms with Crippen LogP contribution in [0.25, 0.3) is 0 Å². The normalized spacial score (nSPS) is 18.9. The Morgan fingerprint density at radius 3 is 2.72 bits per heavy atom. The molecule has 1 aliphatic rings. The molecule has 0 bridgehead atoms. The van der Waals surface area contributed by atoms with Gasteiger partial charge in [-0.05, 0) is 37.1 Å². The summed E-state index contributed by atoms with van der Waals surface area (Å²) in [7, 11) is -3.54. The maximum Gasteiger partial charge on any atom is 0.243 e. The van der Waals surface area contributed by atoms with Crippen LogP contribution in [0.2, 0.25) is 5.02 Å². The van der Waals surface area contributed by atoms with E-state index in [1.807, 2.05) is 0 Å². The lowest BCUT2D eigenvalue weighted by molar-refractivity contribution is 0.326. The number of hydrogen-bond donors (Lipinski definition) is 2. The number of benzene rings is 1. The van der Waals surface area contributed by atoms with Gasteiger partial charge in [-0.1, -0.05) is 27.5 Å². The summed E-state index contributed by atoms with van der Waals surface area (Å²) >= 11 is 9.41. The Labute approximate surface area is 159 Å². The number of anilines is 2. The molecular weight excluding hydrogens is 430 g/mol. The summed E-state index contributed by atoms with van der Waals surface area (Å²) < 4.78 is 28.0. The molecule has 134 valence electrons. The van der Waals surface area contributed by atoms with Gasteiger partial charge in [-0.2, -0.15) is 4.31 Å². The highest BCUT2D eigenvalue weighted by Gasteiger charge is 2.30. The minimum absolute atomic E-state index is 0.106. The van der Waals surface area contributed by atoms with Gasteiger partial charge < -0.3 is 11.1 Å². The van der Waals surface area contributed by atoms with Crippen LogP contribution >= 0.6 is 27.5 Å². The molecule has 1 aromatic heterocycles. The summed E-state index contributed by atoms with van der Waals surface area (Å²) in [5.41, 5.74) is 5.68. The van der Waals surface area contributed by atoms with Gasteiger partial charge in [-0.15, -0.1) is 0 Å².